The van der Waals surface area contributed by atoms with Gasteiger partial charge in [-0.05, 0) is 30.7 Å². The van der Waals surface area contributed by atoms with Crippen molar-refractivity contribution in [1.29, 1.82) is 0 Å². The van der Waals surface area contributed by atoms with Gasteiger partial charge in [0.15, 0.2) is 5.58 Å². The lowest BCUT2D eigenvalue weighted by molar-refractivity contribution is 0.405. The van der Waals surface area contributed by atoms with Gasteiger partial charge in [-0.3, -0.25) is 9.29 Å². The fourth-order valence-electron chi connectivity index (χ4n) is 2.64. The number of oxazole rings is 1. The number of anilines is 1. The summed E-state index contributed by atoms with van der Waals surface area (Å²) in [5.74, 6) is 0.264. The molecule has 0 radical (unpaired) electrons. The molecule has 2 aromatic carbocycles. The number of nitrogens with zero attached hydrogens (tertiary/aromatic N) is 1. The molecule has 3 rings (SSSR count). The van der Waals surface area contributed by atoms with Gasteiger partial charge in [-0.2, -0.15) is 0 Å². The van der Waals surface area contributed by atoms with Gasteiger partial charge in [0.2, 0.25) is 0 Å². The van der Waals surface area contributed by atoms with Crippen LogP contribution in [0.2, 0.25) is 0 Å². The van der Waals surface area contributed by atoms with E-state index in [2.05, 4.69) is 4.72 Å². The van der Waals surface area contributed by atoms with Gasteiger partial charge in [0.1, 0.15) is 11.5 Å². The number of aryl methyl sites for hydroxylation is 2. The lowest BCUT2D eigenvalue weighted by Crippen LogP contribution is -2.15. The summed E-state index contributed by atoms with van der Waals surface area (Å²) in [7, 11) is 0.525. The number of methoxy groups -OCH3 is 2. The predicted molar refractivity (Wildman–Crippen MR) is 96.5 cm³/mol. The highest BCUT2D eigenvalue weighted by Crippen LogP contribution is 2.32. The molecule has 138 valence electrons. The minimum atomic E-state index is -3.95. The van der Waals surface area contributed by atoms with Gasteiger partial charge in [0.25, 0.3) is 10.0 Å². The standard InChI is InChI=1S/C17H18N2O6S/c1-10-7-13-15(25-17(20)19(13)2)9-16(10)26(21,22)18-12-8-11(23-3)5-6-14(12)24-4/h5-9,18H,1-4H3. The van der Waals surface area contributed by atoms with Crippen molar-refractivity contribution in [3.63, 3.8) is 0 Å². The minimum absolute atomic E-state index is 0.00391. The number of sulfonamides is 1. The summed E-state index contributed by atoms with van der Waals surface area (Å²) < 4.78 is 45.0. The molecule has 0 saturated heterocycles. The topological polar surface area (TPSA) is 99.8 Å². The highest BCUT2D eigenvalue weighted by atomic mass is 32.2. The number of fused-ring (bicyclic) bond motifs is 1. The van der Waals surface area contributed by atoms with Crippen molar-refractivity contribution in [1.82, 2.24) is 4.57 Å². The van der Waals surface area contributed by atoms with Gasteiger partial charge in [-0.15, -0.1) is 0 Å². The van der Waals surface area contributed by atoms with E-state index in [1.54, 1.807) is 32.2 Å². The van der Waals surface area contributed by atoms with Crippen molar-refractivity contribution in [2.75, 3.05) is 18.9 Å². The van der Waals surface area contributed by atoms with Crippen LogP contribution in [0.3, 0.4) is 0 Å². The summed E-state index contributed by atoms with van der Waals surface area (Å²) in [5.41, 5.74) is 1.43. The Labute approximate surface area is 150 Å². The monoisotopic (exact) mass is 378 g/mol. The molecule has 0 aliphatic rings. The van der Waals surface area contributed by atoms with Crippen LogP contribution in [0.5, 0.6) is 11.5 Å². The van der Waals surface area contributed by atoms with Crippen LogP contribution in [0.25, 0.3) is 11.1 Å². The molecule has 0 fully saturated rings. The number of hydrogen-bond donors (Lipinski definition) is 1. The van der Waals surface area contributed by atoms with E-state index in [-0.39, 0.29) is 16.2 Å². The summed E-state index contributed by atoms with van der Waals surface area (Å²) in [5, 5.41) is 0. The summed E-state index contributed by atoms with van der Waals surface area (Å²) in [6.45, 7) is 1.65. The molecule has 8 nitrogen and oxygen atoms in total. The maximum Gasteiger partial charge on any atom is 0.419 e. The molecule has 1 N–H and O–H groups in total. The van der Waals surface area contributed by atoms with Crippen LogP contribution < -0.4 is 20.0 Å². The maximum absolute atomic E-state index is 12.9. The Hall–Kier alpha value is -2.94. The first kappa shape index (κ1) is 17.9. The molecule has 3 aromatic rings. The molecular formula is C17H18N2O6S. The molecule has 0 saturated carbocycles. The zero-order valence-electron chi connectivity index (χ0n) is 14.7. The first-order chi connectivity index (χ1) is 12.3. The van der Waals surface area contributed by atoms with Crippen molar-refractivity contribution < 1.29 is 22.3 Å². The molecule has 0 atom stereocenters. The van der Waals surface area contributed by atoms with Gasteiger partial charge >= 0.3 is 5.76 Å². The number of benzene rings is 2. The fraction of sp³-hybridized carbons (Fsp3) is 0.235. The second kappa shape index (κ2) is 6.41. The molecule has 0 aliphatic heterocycles. The van der Waals surface area contributed by atoms with E-state index in [1.165, 1.54) is 30.9 Å². The molecule has 0 bridgehead atoms. The molecule has 0 unspecified atom stereocenters. The van der Waals surface area contributed by atoms with Crippen LogP contribution in [-0.2, 0) is 17.1 Å². The number of aromatic nitrogens is 1. The van der Waals surface area contributed by atoms with Crippen molar-refractivity contribution in [2.24, 2.45) is 7.05 Å². The smallest absolute Gasteiger partial charge is 0.419 e. The molecule has 1 heterocycles. The third kappa shape index (κ3) is 3.01. The lowest BCUT2D eigenvalue weighted by Gasteiger charge is -2.14. The first-order valence-corrected chi connectivity index (χ1v) is 9.10. The zero-order valence-corrected chi connectivity index (χ0v) is 15.5. The van der Waals surface area contributed by atoms with Crippen LogP contribution in [0.4, 0.5) is 5.69 Å². The molecule has 9 heteroatoms. The van der Waals surface area contributed by atoms with E-state index >= 15 is 0 Å². The zero-order chi connectivity index (χ0) is 19.1. The van der Waals surface area contributed by atoms with Gasteiger partial charge in [-0.1, -0.05) is 0 Å². The Bertz CT molecular complexity index is 1140. The Balaban J connectivity index is 2.10. The number of rotatable bonds is 5. The Morgan fingerprint density at radius 1 is 1.12 bits per heavy atom. The molecular weight excluding hydrogens is 360 g/mol. The number of ether oxygens (including phenoxy) is 2. The van der Waals surface area contributed by atoms with E-state index in [4.69, 9.17) is 13.9 Å². The second-order valence-electron chi connectivity index (χ2n) is 5.68. The maximum atomic E-state index is 12.9. The van der Waals surface area contributed by atoms with Crippen molar-refractivity contribution in [3.05, 3.63) is 46.4 Å². The van der Waals surface area contributed by atoms with Gasteiger partial charge in [-0.25, -0.2) is 13.2 Å². The third-order valence-corrected chi connectivity index (χ3v) is 5.54. The summed E-state index contributed by atoms with van der Waals surface area (Å²) in [4.78, 5) is 11.7. The summed E-state index contributed by atoms with van der Waals surface area (Å²) in [6.07, 6.45) is 0. The quantitative estimate of drug-likeness (QED) is 0.731. The molecule has 0 spiro atoms. The van der Waals surface area contributed by atoms with E-state index in [0.29, 0.717) is 22.6 Å². The van der Waals surface area contributed by atoms with E-state index in [1.807, 2.05) is 0 Å². The highest BCUT2D eigenvalue weighted by Gasteiger charge is 2.22. The SMILES string of the molecule is COc1ccc(OC)c(NS(=O)(=O)c2cc3oc(=O)n(C)c3cc2C)c1. The van der Waals surface area contributed by atoms with Crippen molar-refractivity contribution in [3.8, 4) is 11.5 Å². The summed E-state index contributed by atoms with van der Waals surface area (Å²) in [6, 6.07) is 7.71. The van der Waals surface area contributed by atoms with Crippen LogP contribution in [0, 0.1) is 6.92 Å². The lowest BCUT2D eigenvalue weighted by atomic mass is 10.2. The summed E-state index contributed by atoms with van der Waals surface area (Å²) >= 11 is 0. The largest absolute Gasteiger partial charge is 0.497 e. The van der Waals surface area contributed by atoms with Crippen LogP contribution in [0.1, 0.15) is 5.56 Å². The predicted octanol–water partition coefficient (Wildman–Crippen LogP) is 2.26. The number of hydrogen-bond acceptors (Lipinski definition) is 6. The van der Waals surface area contributed by atoms with Crippen molar-refractivity contribution >= 4 is 26.8 Å². The Morgan fingerprint density at radius 3 is 2.50 bits per heavy atom. The second-order valence-corrected chi connectivity index (χ2v) is 7.33. The van der Waals surface area contributed by atoms with Crippen LogP contribution in [0.15, 0.2) is 44.4 Å². The van der Waals surface area contributed by atoms with Crippen LogP contribution >= 0.6 is 0 Å². The van der Waals surface area contributed by atoms with Gasteiger partial charge in [0.05, 0.1) is 30.3 Å². The fourth-order valence-corrected chi connectivity index (χ4v) is 3.95. The minimum Gasteiger partial charge on any atom is -0.497 e. The van der Waals surface area contributed by atoms with Gasteiger partial charge in [0, 0.05) is 19.2 Å². The molecule has 1 aromatic heterocycles. The first-order valence-electron chi connectivity index (χ1n) is 7.62. The van der Waals surface area contributed by atoms with Gasteiger partial charge < -0.3 is 13.9 Å². The van der Waals surface area contributed by atoms with E-state index in [9.17, 15) is 13.2 Å². The average Bonchev–Trinajstić information content (AvgIpc) is 2.88. The van der Waals surface area contributed by atoms with Crippen molar-refractivity contribution in [2.45, 2.75) is 11.8 Å². The number of nitrogens with one attached hydrogen (secondary N) is 1. The Kier molecular flexibility index (Phi) is 4.41. The third-order valence-electron chi connectivity index (χ3n) is 4.03. The highest BCUT2D eigenvalue weighted by molar-refractivity contribution is 7.92. The molecule has 0 aliphatic carbocycles. The average molecular weight is 378 g/mol. The Morgan fingerprint density at radius 2 is 1.85 bits per heavy atom. The molecule has 26 heavy (non-hydrogen) atoms. The van der Waals surface area contributed by atoms with E-state index in [0.717, 1.165) is 0 Å². The molecule has 0 amide bonds. The normalized spacial score (nSPS) is 11.5. The van der Waals surface area contributed by atoms with E-state index < -0.39 is 15.8 Å². The van der Waals surface area contributed by atoms with Crippen LogP contribution in [-0.4, -0.2) is 27.2 Å².